The molecule has 0 aliphatic carbocycles. The summed E-state index contributed by atoms with van der Waals surface area (Å²) in [4.78, 5) is 41.3. The molecule has 226 valence electrons. The van der Waals surface area contributed by atoms with Gasteiger partial charge in [-0.25, -0.2) is 9.18 Å². The van der Waals surface area contributed by atoms with Gasteiger partial charge in [0.2, 0.25) is 5.43 Å². The Balaban J connectivity index is 1.08. The highest BCUT2D eigenvalue weighted by molar-refractivity contribution is 5.93. The molecule has 0 radical (unpaired) electrons. The number of nitrogens with zero attached hydrogens (tertiary/aromatic N) is 3. The van der Waals surface area contributed by atoms with Crippen LogP contribution in [-0.2, 0) is 6.54 Å². The van der Waals surface area contributed by atoms with Crippen LogP contribution in [0.4, 0.5) is 10.1 Å². The van der Waals surface area contributed by atoms with Gasteiger partial charge >= 0.3 is 5.97 Å². The van der Waals surface area contributed by atoms with Gasteiger partial charge in [0, 0.05) is 56.9 Å². The predicted molar refractivity (Wildman–Crippen MR) is 165 cm³/mol. The summed E-state index contributed by atoms with van der Waals surface area (Å²) in [5, 5.41) is 19.4. The number of ether oxygens (including phenoxy) is 1. The first-order chi connectivity index (χ1) is 21.2. The number of hydrogen-bond acceptors (Lipinski definition) is 8. The number of phenolic OH excluding ortho intramolecular Hbond substituents is 1. The van der Waals surface area contributed by atoms with Crippen molar-refractivity contribution in [3.05, 3.63) is 98.9 Å². The van der Waals surface area contributed by atoms with Crippen molar-refractivity contribution in [3.8, 4) is 22.6 Å². The molecule has 0 amide bonds. The Kier molecular flexibility index (Phi) is 7.79. The lowest BCUT2D eigenvalue weighted by atomic mass is 10.1. The molecule has 0 spiro atoms. The Labute approximate surface area is 250 Å². The van der Waals surface area contributed by atoms with Gasteiger partial charge in [0.1, 0.15) is 41.3 Å². The van der Waals surface area contributed by atoms with Crippen LogP contribution in [0.3, 0.4) is 0 Å². The second-order valence-corrected chi connectivity index (χ2v) is 10.6. The maximum atomic E-state index is 15.2. The summed E-state index contributed by atoms with van der Waals surface area (Å²) in [6, 6.07) is 14.2. The minimum atomic E-state index is -1.34. The molecule has 1 aliphatic heterocycles. The molecule has 1 aliphatic rings. The molecule has 3 heterocycles. The standard InChI is InChI=1S/C33H30FN3O7/c1-2-36-18-25(33(41)42)32(40)24-16-27(34)29(17-28(24)36)37-11-9-35(10-12-37)13-14-43-22-7-8-23-30(15-22)44-19-26(31(23)39)20-3-5-21(38)6-4-20/h3-8,15-19,38H,2,9-14H2,1H3,(H,41,42). The number of aromatic carboxylic acids is 1. The van der Waals surface area contributed by atoms with Crippen LogP contribution in [0.5, 0.6) is 11.5 Å². The van der Waals surface area contributed by atoms with Gasteiger partial charge in [-0.1, -0.05) is 12.1 Å². The highest BCUT2D eigenvalue weighted by atomic mass is 19.1. The fourth-order valence-corrected chi connectivity index (χ4v) is 5.60. The van der Waals surface area contributed by atoms with Crippen molar-refractivity contribution >= 4 is 33.5 Å². The van der Waals surface area contributed by atoms with Crippen LogP contribution in [0.2, 0.25) is 0 Å². The minimum absolute atomic E-state index is 0.0505. The van der Waals surface area contributed by atoms with E-state index in [9.17, 15) is 24.6 Å². The Bertz CT molecular complexity index is 1990. The number of halogens is 1. The normalized spacial score (nSPS) is 13.9. The smallest absolute Gasteiger partial charge is 0.341 e. The van der Waals surface area contributed by atoms with Crippen molar-refractivity contribution in [2.75, 3.05) is 44.2 Å². The van der Waals surface area contributed by atoms with Crippen molar-refractivity contribution in [1.82, 2.24) is 9.47 Å². The summed E-state index contributed by atoms with van der Waals surface area (Å²) in [5.74, 6) is -1.21. The number of fused-ring (bicyclic) bond motifs is 2. The minimum Gasteiger partial charge on any atom is -0.508 e. The average Bonchev–Trinajstić information content (AvgIpc) is 3.02. The van der Waals surface area contributed by atoms with Gasteiger partial charge in [-0.2, -0.15) is 0 Å². The monoisotopic (exact) mass is 599 g/mol. The largest absolute Gasteiger partial charge is 0.508 e. The number of pyridine rings is 1. The molecule has 2 N–H and O–H groups in total. The highest BCUT2D eigenvalue weighted by Gasteiger charge is 2.22. The first-order valence-electron chi connectivity index (χ1n) is 14.3. The second-order valence-electron chi connectivity index (χ2n) is 10.6. The maximum Gasteiger partial charge on any atom is 0.341 e. The van der Waals surface area contributed by atoms with E-state index in [2.05, 4.69) is 4.90 Å². The zero-order chi connectivity index (χ0) is 31.0. The van der Waals surface area contributed by atoms with Crippen LogP contribution < -0.4 is 20.5 Å². The second kappa shape index (κ2) is 11.8. The van der Waals surface area contributed by atoms with Crippen molar-refractivity contribution in [2.45, 2.75) is 13.5 Å². The first-order valence-corrected chi connectivity index (χ1v) is 14.3. The molecule has 3 aromatic carbocycles. The fraction of sp³-hybridized carbons (Fsp3) is 0.242. The topological polar surface area (TPSA) is 125 Å². The lowest BCUT2D eigenvalue weighted by Crippen LogP contribution is -2.47. The summed E-state index contributed by atoms with van der Waals surface area (Å²) in [5.41, 5.74) is 1.09. The number of piperazine rings is 1. The number of carboxylic acids is 1. The SMILES string of the molecule is CCn1cc(C(=O)O)c(=O)c2cc(F)c(N3CCN(CCOc4ccc5c(=O)c(-c6ccc(O)cc6)coc5c4)CC3)cc21. The third-order valence-electron chi connectivity index (χ3n) is 8.03. The van der Waals surface area contributed by atoms with Gasteiger partial charge in [-0.15, -0.1) is 0 Å². The summed E-state index contributed by atoms with van der Waals surface area (Å²) in [6.07, 6.45) is 2.72. The molecular weight excluding hydrogens is 569 g/mol. The summed E-state index contributed by atoms with van der Waals surface area (Å²) in [7, 11) is 0. The number of phenols is 1. The molecule has 0 bridgehead atoms. The maximum absolute atomic E-state index is 15.2. The van der Waals surface area contributed by atoms with Gasteiger partial charge in [-0.05, 0) is 48.9 Å². The van der Waals surface area contributed by atoms with Gasteiger partial charge in [0.05, 0.1) is 22.2 Å². The van der Waals surface area contributed by atoms with E-state index in [1.807, 2.05) is 11.8 Å². The fourth-order valence-electron chi connectivity index (χ4n) is 5.60. The van der Waals surface area contributed by atoms with E-state index in [1.54, 1.807) is 41.0 Å². The molecule has 11 heteroatoms. The van der Waals surface area contributed by atoms with Gasteiger partial charge in [0.15, 0.2) is 5.43 Å². The number of benzene rings is 3. The third-order valence-corrected chi connectivity index (χ3v) is 8.03. The number of anilines is 1. The summed E-state index contributed by atoms with van der Waals surface area (Å²) < 4.78 is 28.5. The van der Waals surface area contributed by atoms with Crippen LogP contribution in [0, 0.1) is 5.82 Å². The van der Waals surface area contributed by atoms with E-state index in [-0.39, 0.29) is 22.1 Å². The van der Waals surface area contributed by atoms with Crippen LogP contribution in [0.1, 0.15) is 17.3 Å². The number of rotatable bonds is 8. The van der Waals surface area contributed by atoms with Crippen LogP contribution in [0.25, 0.3) is 33.0 Å². The number of carbonyl (C=O) groups is 1. The predicted octanol–water partition coefficient (Wildman–Crippen LogP) is 4.54. The van der Waals surface area contributed by atoms with Crippen molar-refractivity contribution in [2.24, 2.45) is 0 Å². The highest BCUT2D eigenvalue weighted by Crippen LogP contribution is 2.27. The van der Waals surface area contributed by atoms with Crippen LogP contribution in [0.15, 0.2) is 81.1 Å². The number of aromatic nitrogens is 1. The Morgan fingerprint density at radius 2 is 1.73 bits per heavy atom. The summed E-state index contributed by atoms with van der Waals surface area (Å²) >= 11 is 0. The van der Waals surface area contributed by atoms with Crippen LogP contribution >= 0.6 is 0 Å². The Hall–Kier alpha value is -5.16. The van der Waals surface area contributed by atoms with E-state index in [4.69, 9.17) is 9.15 Å². The van der Waals surface area contributed by atoms with E-state index >= 15 is 4.39 Å². The Morgan fingerprint density at radius 1 is 0.977 bits per heavy atom. The molecule has 0 saturated carbocycles. The van der Waals surface area contributed by atoms with Crippen molar-refractivity contribution in [3.63, 3.8) is 0 Å². The molecule has 0 atom stereocenters. The van der Waals surface area contributed by atoms with E-state index < -0.39 is 17.2 Å². The number of aromatic hydroxyl groups is 1. The third kappa shape index (κ3) is 5.49. The number of hydrogen-bond donors (Lipinski definition) is 2. The van der Waals surface area contributed by atoms with E-state index in [1.165, 1.54) is 24.6 Å². The summed E-state index contributed by atoms with van der Waals surface area (Å²) in [6.45, 7) is 5.79. The first kappa shape index (κ1) is 28.9. The van der Waals surface area contributed by atoms with Crippen molar-refractivity contribution < 1.29 is 28.6 Å². The molecule has 2 aromatic heterocycles. The Morgan fingerprint density at radius 3 is 2.43 bits per heavy atom. The molecule has 0 unspecified atom stereocenters. The zero-order valence-corrected chi connectivity index (χ0v) is 24.0. The van der Waals surface area contributed by atoms with Gasteiger partial charge in [-0.3, -0.25) is 14.5 Å². The molecule has 1 fully saturated rings. The van der Waals surface area contributed by atoms with Crippen LogP contribution in [-0.4, -0.2) is 65.0 Å². The lowest BCUT2D eigenvalue weighted by molar-refractivity contribution is 0.0694. The zero-order valence-electron chi connectivity index (χ0n) is 24.0. The van der Waals surface area contributed by atoms with Crippen molar-refractivity contribution in [1.29, 1.82) is 0 Å². The number of carboxylic acid groups (broad SMARTS) is 1. The molecular formula is C33H30FN3O7. The molecule has 1 saturated heterocycles. The van der Waals surface area contributed by atoms with Gasteiger partial charge in [0.25, 0.3) is 0 Å². The van der Waals surface area contributed by atoms with E-state index in [0.29, 0.717) is 84.9 Å². The van der Waals surface area contributed by atoms with Gasteiger partial charge < -0.3 is 28.8 Å². The quantitative estimate of drug-likeness (QED) is 0.265. The van der Waals surface area contributed by atoms with E-state index in [0.717, 1.165) is 6.07 Å². The molecule has 10 nitrogen and oxygen atoms in total. The molecule has 6 rings (SSSR count). The average molecular weight is 600 g/mol. The molecule has 5 aromatic rings. The number of aryl methyl sites for hydroxylation is 1. The molecule has 44 heavy (non-hydrogen) atoms. The lowest BCUT2D eigenvalue weighted by Gasteiger charge is -2.36.